The summed E-state index contributed by atoms with van der Waals surface area (Å²) in [5.74, 6) is -0.643. The van der Waals surface area contributed by atoms with Gasteiger partial charge in [0.15, 0.2) is 0 Å². The van der Waals surface area contributed by atoms with Crippen LogP contribution in [0.25, 0.3) is 0 Å². The van der Waals surface area contributed by atoms with Gasteiger partial charge >= 0.3 is 0 Å². The average Bonchev–Trinajstić information content (AvgIpc) is 2.41. The zero-order valence-corrected chi connectivity index (χ0v) is 11.8. The van der Waals surface area contributed by atoms with Gasteiger partial charge in [-0.15, -0.1) is 0 Å². The van der Waals surface area contributed by atoms with Gasteiger partial charge in [0, 0.05) is 5.56 Å². The van der Waals surface area contributed by atoms with Gasteiger partial charge in [0.25, 0.3) is 10.0 Å². The van der Waals surface area contributed by atoms with Gasteiger partial charge in [-0.2, -0.15) is 0 Å². The van der Waals surface area contributed by atoms with Crippen molar-refractivity contribution in [3.05, 3.63) is 59.9 Å². The Labute approximate surface area is 121 Å². The molecule has 0 saturated carbocycles. The van der Waals surface area contributed by atoms with Crippen LogP contribution in [-0.2, 0) is 10.0 Å². The maximum absolute atomic E-state index is 13.4. The van der Waals surface area contributed by atoms with E-state index in [0.717, 1.165) is 0 Å². The summed E-state index contributed by atoms with van der Waals surface area (Å²) in [6, 6.07) is 11.2. The zero-order chi connectivity index (χ0) is 14.8. The number of halogens is 1. The maximum atomic E-state index is 13.4. The fraction of sp³-hybridized carbons (Fsp3) is 0. The number of anilines is 1. The molecular formula is C13H11FN2O2S2. The number of hydrogen-bond acceptors (Lipinski definition) is 3. The topological polar surface area (TPSA) is 72.2 Å². The number of thiocarbonyl (C=S) groups is 1. The molecule has 104 valence electrons. The predicted molar refractivity (Wildman–Crippen MR) is 79.5 cm³/mol. The van der Waals surface area contributed by atoms with Crippen LogP contribution in [0, 0.1) is 5.82 Å². The highest BCUT2D eigenvalue weighted by Crippen LogP contribution is 2.19. The summed E-state index contributed by atoms with van der Waals surface area (Å²) in [6.45, 7) is 0. The molecule has 0 aliphatic heterocycles. The molecule has 2 rings (SSSR count). The van der Waals surface area contributed by atoms with E-state index in [1.807, 2.05) is 0 Å². The van der Waals surface area contributed by atoms with E-state index >= 15 is 0 Å². The van der Waals surface area contributed by atoms with Crippen molar-refractivity contribution in [1.29, 1.82) is 0 Å². The van der Waals surface area contributed by atoms with Crippen LogP contribution in [-0.4, -0.2) is 13.4 Å². The number of para-hydroxylation sites is 1. The molecule has 2 aromatic carbocycles. The second-order valence-electron chi connectivity index (χ2n) is 3.97. The summed E-state index contributed by atoms with van der Waals surface area (Å²) >= 11 is 4.78. The SMILES string of the molecule is NC(=S)c1ccc(S(=O)(=O)Nc2ccccc2F)cc1. The molecule has 7 heteroatoms. The molecule has 20 heavy (non-hydrogen) atoms. The van der Waals surface area contributed by atoms with Gasteiger partial charge in [0.05, 0.1) is 10.6 Å². The van der Waals surface area contributed by atoms with Crippen LogP contribution in [0.1, 0.15) is 5.56 Å². The summed E-state index contributed by atoms with van der Waals surface area (Å²) in [7, 11) is -3.85. The highest BCUT2D eigenvalue weighted by Gasteiger charge is 2.16. The van der Waals surface area contributed by atoms with Crippen molar-refractivity contribution in [3.8, 4) is 0 Å². The number of benzene rings is 2. The van der Waals surface area contributed by atoms with Crippen LogP contribution in [0.2, 0.25) is 0 Å². The highest BCUT2D eigenvalue weighted by molar-refractivity contribution is 7.92. The van der Waals surface area contributed by atoms with Gasteiger partial charge in [-0.25, -0.2) is 12.8 Å². The van der Waals surface area contributed by atoms with Gasteiger partial charge in [0.1, 0.15) is 10.8 Å². The molecule has 0 aromatic heterocycles. The summed E-state index contributed by atoms with van der Waals surface area (Å²) in [6.07, 6.45) is 0. The van der Waals surface area contributed by atoms with Crippen LogP contribution in [0.4, 0.5) is 10.1 Å². The van der Waals surface area contributed by atoms with Gasteiger partial charge in [-0.05, 0) is 24.3 Å². The average molecular weight is 310 g/mol. The smallest absolute Gasteiger partial charge is 0.261 e. The van der Waals surface area contributed by atoms with Crippen molar-refractivity contribution in [2.45, 2.75) is 4.90 Å². The Morgan fingerprint density at radius 1 is 1.10 bits per heavy atom. The van der Waals surface area contributed by atoms with Crippen molar-refractivity contribution in [1.82, 2.24) is 0 Å². The lowest BCUT2D eigenvalue weighted by atomic mass is 10.2. The minimum absolute atomic E-state index is 0.000697. The Kier molecular flexibility index (Phi) is 4.01. The molecule has 0 atom stereocenters. The molecule has 0 aliphatic rings. The molecule has 0 unspecified atom stereocenters. The van der Waals surface area contributed by atoms with Crippen LogP contribution < -0.4 is 10.5 Å². The van der Waals surface area contributed by atoms with Crippen molar-refractivity contribution >= 4 is 32.9 Å². The van der Waals surface area contributed by atoms with E-state index in [1.54, 1.807) is 0 Å². The summed E-state index contributed by atoms with van der Waals surface area (Å²) < 4.78 is 39.8. The minimum atomic E-state index is -3.85. The van der Waals surface area contributed by atoms with E-state index < -0.39 is 15.8 Å². The fourth-order valence-electron chi connectivity index (χ4n) is 1.55. The van der Waals surface area contributed by atoms with Gasteiger partial charge in [0.2, 0.25) is 0 Å². The van der Waals surface area contributed by atoms with Crippen LogP contribution >= 0.6 is 12.2 Å². The Morgan fingerprint density at radius 2 is 1.70 bits per heavy atom. The van der Waals surface area contributed by atoms with E-state index in [4.69, 9.17) is 18.0 Å². The summed E-state index contributed by atoms with van der Waals surface area (Å²) in [5.41, 5.74) is 5.89. The second kappa shape index (κ2) is 5.56. The number of sulfonamides is 1. The Morgan fingerprint density at radius 3 is 2.25 bits per heavy atom. The molecule has 0 saturated heterocycles. The first kappa shape index (κ1) is 14.4. The molecule has 0 aliphatic carbocycles. The second-order valence-corrected chi connectivity index (χ2v) is 6.10. The number of nitrogens with two attached hydrogens (primary N) is 1. The third kappa shape index (κ3) is 3.12. The first-order valence-electron chi connectivity index (χ1n) is 5.57. The molecule has 0 fully saturated rings. The minimum Gasteiger partial charge on any atom is -0.389 e. The maximum Gasteiger partial charge on any atom is 0.261 e. The lowest BCUT2D eigenvalue weighted by molar-refractivity contribution is 0.598. The summed E-state index contributed by atoms with van der Waals surface area (Å²) in [4.78, 5) is 0.178. The van der Waals surface area contributed by atoms with E-state index in [-0.39, 0.29) is 15.6 Å². The molecule has 2 aromatic rings. The van der Waals surface area contributed by atoms with E-state index in [2.05, 4.69) is 4.72 Å². The first-order chi connectivity index (χ1) is 9.40. The van der Waals surface area contributed by atoms with Crippen LogP contribution in [0.5, 0.6) is 0 Å². The van der Waals surface area contributed by atoms with Crippen LogP contribution in [0.3, 0.4) is 0 Å². The molecule has 0 amide bonds. The molecule has 0 bridgehead atoms. The van der Waals surface area contributed by atoms with Crippen LogP contribution in [0.15, 0.2) is 53.4 Å². The van der Waals surface area contributed by atoms with Crippen molar-refractivity contribution < 1.29 is 12.8 Å². The predicted octanol–water partition coefficient (Wildman–Crippen LogP) is 2.26. The molecule has 3 N–H and O–H groups in total. The molecule has 0 spiro atoms. The zero-order valence-electron chi connectivity index (χ0n) is 10.2. The first-order valence-corrected chi connectivity index (χ1v) is 7.46. The van der Waals surface area contributed by atoms with E-state index in [9.17, 15) is 12.8 Å². The lowest BCUT2D eigenvalue weighted by Crippen LogP contribution is -2.15. The molecule has 0 heterocycles. The summed E-state index contributed by atoms with van der Waals surface area (Å²) in [5, 5.41) is 0. The molecule has 0 radical (unpaired) electrons. The Hall–Kier alpha value is -1.99. The largest absolute Gasteiger partial charge is 0.389 e. The monoisotopic (exact) mass is 310 g/mol. The normalized spacial score (nSPS) is 11.1. The fourth-order valence-corrected chi connectivity index (χ4v) is 2.75. The number of rotatable bonds is 4. The van der Waals surface area contributed by atoms with E-state index in [1.165, 1.54) is 48.5 Å². The third-order valence-electron chi connectivity index (χ3n) is 2.57. The molecular weight excluding hydrogens is 299 g/mol. The highest BCUT2D eigenvalue weighted by atomic mass is 32.2. The Balaban J connectivity index is 2.31. The number of hydrogen-bond donors (Lipinski definition) is 2. The van der Waals surface area contributed by atoms with Crippen molar-refractivity contribution in [3.63, 3.8) is 0 Å². The van der Waals surface area contributed by atoms with Gasteiger partial charge < -0.3 is 5.73 Å². The Bertz CT molecular complexity index is 743. The van der Waals surface area contributed by atoms with E-state index in [0.29, 0.717) is 5.56 Å². The molecule has 4 nitrogen and oxygen atoms in total. The van der Waals surface area contributed by atoms with Crippen molar-refractivity contribution in [2.75, 3.05) is 4.72 Å². The van der Waals surface area contributed by atoms with Gasteiger partial charge in [-0.3, -0.25) is 4.72 Å². The number of nitrogens with one attached hydrogen (secondary N) is 1. The van der Waals surface area contributed by atoms with Crippen molar-refractivity contribution in [2.24, 2.45) is 5.73 Å². The quantitative estimate of drug-likeness (QED) is 0.850. The third-order valence-corrected chi connectivity index (χ3v) is 4.18. The standard InChI is InChI=1S/C13H11FN2O2S2/c14-11-3-1-2-4-12(11)16-20(17,18)10-7-5-9(6-8-10)13(15)19/h1-8,16H,(H2,15,19). The van der Waals surface area contributed by atoms with Gasteiger partial charge in [-0.1, -0.05) is 36.5 Å². The lowest BCUT2D eigenvalue weighted by Gasteiger charge is -2.09.